The minimum Gasteiger partial charge on any atom is -0.487 e. The maximum absolute atomic E-state index is 12.1. The van der Waals surface area contributed by atoms with Crippen molar-refractivity contribution in [2.45, 2.75) is 20.5 Å². The van der Waals surface area contributed by atoms with E-state index in [9.17, 15) is 10.1 Å². The average molecular weight is 396 g/mol. The van der Waals surface area contributed by atoms with Crippen LogP contribution in [0.5, 0.6) is 5.75 Å². The quantitative estimate of drug-likeness (QED) is 0.334. The van der Waals surface area contributed by atoms with Crippen LogP contribution < -0.4 is 21.4 Å². The van der Waals surface area contributed by atoms with Crippen molar-refractivity contribution in [1.82, 2.24) is 5.01 Å². The molecule has 2 aromatic rings. The molecule has 2 aromatic carbocycles. The fourth-order valence-corrected chi connectivity index (χ4v) is 2.68. The van der Waals surface area contributed by atoms with Gasteiger partial charge in [-0.05, 0) is 43.7 Å². The van der Waals surface area contributed by atoms with Gasteiger partial charge in [-0.1, -0.05) is 17.3 Å². The molecule has 0 aliphatic rings. The molecule has 0 bridgehead atoms. The molecular weight excluding hydrogens is 372 g/mol. The van der Waals surface area contributed by atoms with Crippen LogP contribution in [0.1, 0.15) is 29.2 Å². The minimum absolute atomic E-state index is 0.108. The lowest BCUT2D eigenvalue weighted by Crippen LogP contribution is -2.49. The number of hydrazine groups is 2. The fraction of sp³-hybridized carbons (Fsp3) is 0.250. The lowest BCUT2D eigenvalue weighted by atomic mass is 10.1. The van der Waals surface area contributed by atoms with Gasteiger partial charge in [0.25, 0.3) is 0 Å². The van der Waals surface area contributed by atoms with Gasteiger partial charge in [0.05, 0.1) is 17.0 Å². The molecule has 0 aliphatic heterocycles. The summed E-state index contributed by atoms with van der Waals surface area (Å²) in [4.78, 5) is 16.9. The Balaban J connectivity index is 2.32. The van der Waals surface area contributed by atoms with Crippen molar-refractivity contribution >= 4 is 17.4 Å². The molecule has 0 aromatic heterocycles. The number of hydrogen-bond acceptors (Lipinski definition) is 7. The van der Waals surface area contributed by atoms with Crippen LogP contribution in [-0.4, -0.2) is 30.9 Å². The molecule has 0 aliphatic carbocycles. The smallest absolute Gasteiger partial charge is 0.352 e. The highest BCUT2D eigenvalue weighted by Gasteiger charge is 2.19. The zero-order valence-electron chi connectivity index (χ0n) is 16.8. The van der Waals surface area contributed by atoms with Crippen molar-refractivity contribution in [2.75, 3.05) is 19.2 Å². The van der Waals surface area contributed by atoms with Crippen LogP contribution in [0, 0.1) is 18.3 Å². The second kappa shape index (κ2) is 9.54. The molecule has 0 atom stereocenters. The first-order valence-electron chi connectivity index (χ1n) is 8.70. The van der Waals surface area contributed by atoms with Gasteiger partial charge in [-0.2, -0.15) is 5.26 Å². The number of urea groups is 1. The zero-order chi connectivity index (χ0) is 21.6. The van der Waals surface area contributed by atoms with Gasteiger partial charge in [-0.3, -0.25) is 5.01 Å². The van der Waals surface area contributed by atoms with E-state index in [2.05, 4.69) is 11.2 Å². The van der Waals surface area contributed by atoms with E-state index >= 15 is 0 Å². The van der Waals surface area contributed by atoms with Crippen LogP contribution in [0.4, 0.5) is 10.5 Å². The van der Waals surface area contributed by atoms with Crippen molar-refractivity contribution in [3.63, 3.8) is 0 Å². The van der Waals surface area contributed by atoms with Crippen molar-refractivity contribution < 1.29 is 14.4 Å². The summed E-state index contributed by atoms with van der Waals surface area (Å²) in [7, 11) is 2.86. The van der Waals surface area contributed by atoms with Crippen LogP contribution in [0.25, 0.3) is 0 Å². The van der Waals surface area contributed by atoms with Crippen molar-refractivity contribution in [3.8, 4) is 11.8 Å². The normalized spacial score (nSPS) is 10.9. The Hall–Kier alpha value is -3.61. The molecule has 152 valence electrons. The van der Waals surface area contributed by atoms with Gasteiger partial charge in [-0.25, -0.2) is 21.5 Å². The summed E-state index contributed by atoms with van der Waals surface area (Å²) in [6.45, 7) is 3.77. The van der Waals surface area contributed by atoms with E-state index in [1.807, 2.05) is 13.0 Å². The molecule has 0 saturated carbocycles. The van der Waals surface area contributed by atoms with E-state index in [1.54, 1.807) is 37.3 Å². The molecular formula is C20H24N6O3. The first-order chi connectivity index (χ1) is 13.8. The number of nitriles is 1. The van der Waals surface area contributed by atoms with E-state index in [-0.39, 0.29) is 6.61 Å². The largest absolute Gasteiger partial charge is 0.487 e. The summed E-state index contributed by atoms with van der Waals surface area (Å²) in [5.74, 6) is 11.9. The molecule has 0 fully saturated rings. The standard InChI is InChI=1S/C20H24N6O3/c1-13-6-5-7-18(26(23)20(27)25(3)22)17(13)12-29-19-9-8-15(10-16(19)11-21)14(2)24-28-4/h5-10H,12,22-23H2,1-4H3/b24-14+. The first kappa shape index (κ1) is 21.7. The number of amides is 2. The molecule has 29 heavy (non-hydrogen) atoms. The summed E-state index contributed by atoms with van der Waals surface area (Å²) >= 11 is 0. The third kappa shape index (κ3) is 5.01. The Morgan fingerprint density at radius 1 is 1.28 bits per heavy atom. The van der Waals surface area contributed by atoms with Crippen molar-refractivity contribution in [2.24, 2.45) is 16.8 Å². The van der Waals surface area contributed by atoms with E-state index in [0.717, 1.165) is 21.1 Å². The molecule has 0 heterocycles. The molecule has 0 radical (unpaired) electrons. The number of carbonyl (C=O) groups is 1. The van der Waals surface area contributed by atoms with Crippen molar-refractivity contribution in [1.29, 1.82) is 5.26 Å². The highest BCUT2D eigenvalue weighted by molar-refractivity contribution is 5.98. The van der Waals surface area contributed by atoms with Gasteiger partial charge in [0.2, 0.25) is 0 Å². The molecule has 2 rings (SSSR count). The molecule has 4 N–H and O–H groups in total. The lowest BCUT2D eigenvalue weighted by molar-refractivity contribution is 0.213. The second-order valence-electron chi connectivity index (χ2n) is 6.31. The highest BCUT2D eigenvalue weighted by atomic mass is 16.6. The van der Waals surface area contributed by atoms with Gasteiger partial charge in [-0.15, -0.1) is 0 Å². The number of benzene rings is 2. The van der Waals surface area contributed by atoms with Gasteiger partial charge in [0, 0.05) is 18.2 Å². The van der Waals surface area contributed by atoms with Gasteiger partial charge < -0.3 is 9.57 Å². The number of rotatable bonds is 6. The van der Waals surface area contributed by atoms with E-state index in [1.165, 1.54) is 14.2 Å². The molecule has 9 heteroatoms. The lowest BCUT2D eigenvalue weighted by Gasteiger charge is -2.24. The van der Waals surface area contributed by atoms with Crippen LogP contribution in [-0.2, 0) is 11.4 Å². The topological polar surface area (TPSA) is 130 Å². The van der Waals surface area contributed by atoms with Gasteiger partial charge in [0.1, 0.15) is 25.5 Å². The minimum atomic E-state index is -0.577. The SMILES string of the molecule is CO/N=C(\C)c1ccc(OCc2c(C)cccc2N(N)C(=O)N(C)N)c(C#N)c1. The number of anilines is 1. The number of aryl methyl sites for hydroxylation is 1. The Labute approximate surface area is 169 Å². The van der Waals surface area contributed by atoms with Crippen LogP contribution in [0.3, 0.4) is 0 Å². The van der Waals surface area contributed by atoms with Gasteiger partial charge >= 0.3 is 6.03 Å². The highest BCUT2D eigenvalue weighted by Crippen LogP contribution is 2.26. The van der Waals surface area contributed by atoms with E-state index in [4.69, 9.17) is 21.3 Å². The zero-order valence-corrected chi connectivity index (χ0v) is 16.8. The van der Waals surface area contributed by atoms with E-state index in [0.29, 0.717) is 28.3 Å². The number of oxime groups is 1. The Kier molecular flexibility index (Phi) is 7.14. The Morgan fingerprint density at radius 3 is 2.62 bits per heavy atom. The van der Waals surface area contributed by atoms with Crippen LogP contribution in [0.2, 0.25) is 0 Å². The summed E-state index contributed by atoms with van der Waals surface area (Å²) in [6.07, 6.45) is 0. The molecule has 2 amide bonds. The number of hydrogen-bond donors (Lipinski definition) is 2. The molecule has 0 saturated heterocycles. The molecule has 0 unspecified atom stereocenters. The summed E-state index contributed by atoms with van der Waals surface area (Å²) in [5.41, 5.74) is 3.78. The summed E-state index contributed by atoms with van der Waals surface area (Å²) < 4.78 is 5.89. The third-order valence-corrected chi connectivity index (χ3v) is 4.27. The molecule has 0 spiro atoms. The number of ether oxygens (including phenoxy) is 1. The maximum atomic E-state index is 12.1. The average Bonchev–Trinajstić information content (AvgIpc) is 2.71. The van der Waals surface area contributed by atoms with Crippen LogP contribution in [0.15, 0.2) is 41.6 Å². The third-order valence-electron chi connectivity index (χ3n) is 4.27. The number of nitrogens with zero attached hydrogens (tertiary/aromatic N) is 4. The monoisotopic (exact) mass is 396 g/mol. The predicted octanol–water partition coefficient (Wildman–Crippen LogP) is 2.42. The summed E-state index contributed by atoms with van der Waals surface area (Å²) in [5, 5.41) is 15.2. The number of carbonyl (C=O) groups excluding carboxylic acids is 1. The molecule has 9 nitrogen and oxygen atoms in total. The van der Waals surface area contributed by atoms with Gasteiger partial charge in [0.15, 0.2) is 0 Å². The maximum Gasteiger partial charge on any atom is 0.352 e. The second-order valence-corrected chi connectivity index (χ2v) is 6.31. The first-order valence-corrected chi connectivity index (χ1v) is 8.70. The predicted molar refractivity (Wildman–Crippen MR) is 110 cm³/mol. The Bertz CT molecular complexity index is 965. The fourth-order valence-electron chi connectivity index (χ4n) is 2.68. The van der Waals surface area contributed by atoms with Crippen LogP contribution >= 0.6 is 0 Å². The van der Waals surface area contributed by atoms with Crippen molar-refractivity contribution in [3.05, 3.63) is 58.7 Å². The Morgan fingerprint density at radius 2 is 2.00 bits per heavy atom. The summed E-state index contributed by atoms with van der Waals surface area (Å²) in [6, 6.07) is 12.1. The number of nitrogens with two attached hydrogens (primary N) is 2. The van der Waals surface area contributed by atoms with E-state index < -0.39 is 6.03 Å².